The van der Waals surface area contributed by atoms with Gasteiger partial charge in [0.1, 0.15) is 5.75 Å². The van der Waals surface area contributed by atoms with Crippen molar-refractivity contribution in [2.24, 2.45) is 0 Å². The lowest BCUT2D eigenvalue weighted by molar-refractivity contribution is -0.153. The topological polar surface area (TPSA) is 104 Å². The van der Waals surface area contributed by atoms with Gasteiger partial charge in [-0.2, -0.15) is 4.98 Å². The Labute approximate surface area is 160 Å². The first-order valence-electron chi connectivity index (χ1n) is 8.75. The van der Waals surface area contributed by atoms with Crippen LogP contribution in [-0.2, 0) is 14.3 Å². The van der Waals surface area contributed by atoms with Gasteiger partial charge in [0.15, 0.2) is 12.2 Å². The standard InChI is InChI=1S/C20H17N3O5/c1-12(20-22-18(23-28-20)13-7-3-2-4-8-13)26-17(24)11-16-19(25)21-14-9-5-6-10-15(14)27-16/h2-10,12,16H,11H2,1H3,(H,21,25)/t12-,16+/m0/s1. The molecule has 1 N–H and O–H groups in total. The maximum Gasteiger partial charge on any atom is 0.310 e. The van der Waals surface area contributed by atoms with Gasteiger partial charge in [-0.3, -0.25) is 9.59 Å². The largest absolute Gasteiger partial charge is 0.478 e. The van der Waals surface area contributed by atoms with Crippen LogP contribution in [0.1, 0.15) is 25.3 Å². The summed E-state index contributed by atoms with van der Waals surface area (Å²) >= 11 is 0. The summed E-state index contributed by atoms with van der Waals surface area (Å²) in [4.78, 5) is 28.6. The zero-order valence-electron chi connectivity index (χ0n) is 15.0. The number of ether oxygens (including phenoxy) is 2. The predicted octanol–water partition coefficient (Wildman–Crippen LogP) is 3.13. The Morgan fingerprint density at radius 2 is 1.93 bits per heavy atom. The highest BCUT2D eigenvalue weighted by molar-refractivity contribution is 5.99. The number of rotatable bonds is 5. The number of benzene rings is 2. The van der Waals surface area contributed by atoms with E-state index in [0.717, 1.165) is 5.56 Å². The van der Waals surface area contributed by atoms with Gasteiger partial charge in [0.05, 0.1) is 12.1 Å². The Hall–Kier alpha value is -3.68. The molecule has 142 valence electrons. The molecule has 0 radical (unpaired) electrons. The fourth-order valence-corrected chi connectivity index (χ4v) is 2.78. The van der Waals surface area contributed by atoms with E-state index in [2.05, 4.69) is 15.5 Å². The first-order valence-corrected chi connectivity index (χ1v) is 8.75. The van der Waals surface area contributed by atoms with Gasteiger partial charge in [-0.05, 0) is 19.1 Å². The van der Waals surface area contributed by atoms with Crippen molar-refractivity contribution in [2.45, 2.75) is 25.6 Å². The number of nitrogens with zero attached hydrogens (tertiary/aromatic N) is 2. The number of nitrogens with one attached hydrogen (secondary N) is 1. The summed E-state index contributed by atoms with van der Waals surface area (Å²) in [5, 5.41) is 6.61. The summed E-state index contributed by atoms with van der Waals surface area (Å²) in [5.41, 5.74) is 1.37. The van der Waals surface area contributed by atoms with E-state index in [9.17, 15) is 9.59 Å². The summed E-state index contributed by atoms with van der Waals surface area (Å²) in [6.07, 6.45) is -1.95. The molecule has 2 heterocycles. The Kier molecular flexibility index (Phi) is 4.76. The third-order valence-corrected chi connectivity index (χ3v) is 4.19. The quantitative estimate of drug-likeness (QED) is 0.679. The van der Waals surface area contributed by atoms with Gasteiger partial charge in [-0.1, -0.05) is 47.6 Å². The Morgan fingerprint density at radius 1 is 1.18 bits per heavy atom. The maximum atomic E-state index is 12.3. The third kappa shape index (κ3) is 3.71. The van der Waals surface area contributed by atoms with E-state index in [0.29, 0.717) is 17.3 Å². The molecule has 0 saturated carbocycles. The van der Waals surface area contributed by atoms with Crippen LogP contribution in [-0.4, -0.2) is 28.1 Å². The van der Waals surface area contributed by atoms with Gasteiger partial charge in [0.2, 0.25) is 5.82 Å². The SMILES string of the molecule is C[C@H](OC(=O)C[C@H]1Oc2ccccc2NC1=O)c1nc(-c2ccccc2)no1. The minimum atomic E-state index is -0.961. The number of carbonyl (C=O) groups excluding carboxylic acids is 2. The number of hydrogen-bond donors (Lipinski definition) is 1. The van der Waals surface area contributed by atoms with Crippen molar-refractivity contribution in [1.29, 1.82) is 0 Å². The smallest absolute Gasteiger partial charge is 0.310 e. The molecule has 2 aromatic carbocycles. The van der Waals surface area contributed by atoms with Crippen LogP contribution in [0.25, 0.3) is 11.4 Å². The van der Waals surface area contributed by atoms with Gasteiger partial charge >= 0.3 is 5.97 Å². The minimum Gasteiger partial charge on any atom is -0.478 e. The third-order valence-electron chi connectivity index (χ3n) is 4.19. The molecule has 1 aromatic heterocycles. The highest BCUT2D eigenvalue weighted by Gasteiger charge is 2.31. The van der Waals surface area contributed by atoms with E-state index < -0.39 is 24.1 Å². The van der Waals surface area contributed by atoms with Crippen molar-refractivity contribution in [2.75, 3.05) is 5.32 Å². The van der Waals surface area contributed by atoms with Gasteiger partial charge < -0.3 is 19.3 Å². The zero-order chi connectivity index (χ0) is 19.5. The molecule has 2 atom stereocenters. The molecule has 4 rings (SSSR count). The molecular formula is C20H17N3O5. The Balaban J connectivity index is 1.38. The summed E-state index contributed by atoms with van der Waals surface area (Å²) in [5.74, 6) is 0.0907. The fourth-order valence-electron chi connectivity index (χ4n) is 2.78. The van der Waals surface area contributed by atoms with Crippen LogP contribution in [0.15, 0.2) is 59.1 Å². The summed E-state index contributed by atoms with van der Waals surface area (Å²) in [6.45, 7) is 1.62. The summed E-state index contributed by atoms with van der Waals surface area (Å²) in [7, 11) is 0. The highest BCUT2D eigenvalue weighted by atomic mass is 16.6. The zero-order valence-corrected chi connectivity index (χ0v) is 15.0. The van der Waals surface area contributed by atoms with Crippen molar-refractivity contribution in [3.05, 3.63) is 60.5 Å². The molecule has 1 aliphatic rings. The molecule has 0 saturated heterocycles. The first kappa shape index (κ1) is 17.7. The van der Waals surface area contributed by atoms with Gasteiger partial charge in [-0.25, -0.2) is 0 Å². The molecular weight excluding hydrogens is 362 g/mol. The number of fused-ring (bicyclic) bond motifs is 1. The average molecular weight is 379 g/mol. The number of hydrogen-bond acceptors (Lipinski definition) is 7. The van der Waals surface area contributed by atoms with E-state index in [4.69, 9.17) is 14.0 Å². The lowest BCUT2D eigenvalue weighted by Crippen LogP contribution is -2.38. The molecule has 8 heteroatoms. The van der Waals surface area contributed by atoms with Crippen molar-refractivity contribution in [3.63, 3.8) is 0 Å². The second kappa shape index (κ2) is 7.51. The van der Waals surface area contributed by atoms with Crippen LogP contribution >= 0.6 is 0 Å². The average Bonchev–Trinajstić information content (AvgIpc) is 3.20. The van der Waals surface area contributed by atoms with E-state index in [1.807, 2.05) is 30.3 Å². The molecule has 0 unspecified atom stereocenters. The summed E-state index contributed by atoms with van der Waals surface area (Å²) in [6, 6.07) is 16.3. The molecule has 0 aliphatic carbocycles. The number of amides is 1. The van der Waals surface area contributed by atoms with E-state index >= 15 is 0 Å². The van der Waals surface area contributed by atoms with E-state index in [-0.39, 0.29) is 12.3 Å². The lowest BCUT2D eigenvalue weighted by Gasteiger charge is -2.25. The fraction of sp³-hybridized carbons (Fsp3) is 0.200. The molecule has 0 spiro atoms. The monoisotopic (exact) mass is 379 g/mol. The molecule has 0 bridgehead atoms. The predicted molar refractivity (Wildman–Crippen MR) is 98.3 cm³/mol. The minimum absolute atomic E-state index is 0.173. The van der Waals surface area contributed by atoms with Crippen molar-refractivity contribution >= 4 is 17.6 Å². The van der Waals surface area contributed by atoms with E-state index in [1.165, 1.54) is 0 Å². The van der Waals surface area contributed by atoms with Crippen molar-refractivity contribution in [1.82, 2.24) is 10.1 Å². The molecule has 8 nitrogen and oxygen atoms in total. The first-order chi connectivity index (χ1) is 13.6. The highest BCUT2D eigenvalue weighted by Crippen LogP contribution is 2.30. The van der Waals surface area contributed by atoms with Crippen LogP contribution < -0.4 is 10.1 Å². The second-order valence-corrected chi connectivity index (χ2v) is 6.25. The van der Waals surface area contributed by atoms with Crippen LogP contribution in [0.2, 0.25) is 0 Å². The van der Waals surface area contributed by atoms with E-state index in [1.54, 1.807) is 31.2 Å². The van der Waals surface area contributed by atoms with Crippen LogP contribution in [0.4, 0.5) is 5.69 Å². The summed E-state index contributed by atoms with van der Waals surface area (Å²) < 4.78 is 16.1. The van der Waals surface area contributed by atoms with Crippen molar-refractivity contribution < 1.29 is 23.6 Å². The Morgan fingerprint density at radius 3 is 2.75 bits per heavy atom. The molecule has 1 amide bonds. The molecule has 1 aliphatic heterocycles. The van der Waals surface area contributed by atoms with Gasteiger partial charge in [-0.15, -0.1) is 0 Å². The molecule has 3 aromatic rings. The van der Waals surface area contributed by atoms with Crippen molar-refractivity contribution in [3.8, 4) is 17.1 Å². The van der Waals surface area contributed by atoms with Gasteiger partial charge in [0.25, 0.3) is 11.8 Å². The van der Waals surface area contributed by atoms with Crippen LogP contribution in [0.5, 0.6) is 5.75 Å². The molecule has 28 heavy (non-hydrogen) atoms. The van der Waals surface area contributed by atoms with Gasteiger partial charge in [0, 0.05) is 5.56 Å². The molecule has 0 fully saturated rings. The number of anilines is 1. The maximum absolute atomic E-state index is 12.3. The second-order valence-electron chi connectivity index (χ2n) is 6.25. The number of para-hydroxylation sites is 2. The Bertz CT molecular complexity index is 1000. The normalized spacial score (nSPS) is 16.5. The van der Waals surface area contributed by atoms with Crippen LogP contribution in [0, 0.1) is 0 Å². The van der Waals surface area contributed by atoms with Crippen LogP contribution in [0.3, 0.4) is 0 Å². The number of esters is 1. The lowest BCUT2D eigenvalue weighted by atomic mass is 10.1. The number of aromatic nitrogens is 2. The number of carbonyl (C=O) groups is 2.